The van der Waals surface area contributed by atoms with Gasteiger partial charge in [-0.05, 0) is 52.6 Å². The van der Waals surface area contributed by atoms with Crippen LogP contribution in [0.4, 0.5) is 0 Å². The van der Waals surface area contributed by atoms with E-state index in [4.69, 9.17) is 0 Å². The first-order valence-corrected chi connectivity index (χ1v) is 13.1. The topological polar surface area (TPSA) is 9.34 Å². The lowest BCUT2D eigenvalue weighted by molar-refractivity contribution is 1.19. The van der Waals surface area contributed by atoms with E-state index in [0.717, 1.165) is 0 Å². The average Bonchev–Trinajstić information content (AvgIpc) is 3.54. The van der Waals surface area contributed by atoms with Crippen molar-refractivity contribution in [1.29, 1.82) is 0 Å². The molecule has 0 radical (unpaired) electrons. The van der Waals surface area contributed by atoms with Crippen molar-refractivity contribution in [3.8, 4) is 5.69 Å². The Kier molecular flexibility index (Phi) is 3.82. The van der Waals surface area contributed by atoms with Gasteiger partial charge in [-0.1, -0.05) is 97.1 Å². The largest absolute Gasteiger partial charge is 0.309 e. The maximum Gasteiger partial charge on any atom is 0.0635 e. The van der Waals surface area contributed by atoms with Gasteiger partial charge in [0.1, 0.15) is 0 Å². The predicted molar refractivity (Wildman–Crippen MR) is 162 cm³/mol. The lowest BCUT2D eigenvalue weighted by Crippen LogP contribution is -1.94. The van der Waals surface area contributed by atoms with Crippen molar-refractivity contribution in [2.24, 2.45) is 0 Å². The fourth-order valence-corrected chi connectivity index (χ4v) is 6.62. The van der Waals surface area contributed by atoms with Crippen molar-refractivity contribution < 1.29 is 0 Å². The fraction of sp³-hybridized carbons (Fsp3) is 0. The Morgan fingerprint density at radius 3 is 1.76 bits per heavy atom. The Balaban J connectivity index is 1.53. The summed E-state index contributed by atoms with van der Waals surface area (Å²) in [4.78, 5) is 0. The monoisotopic (exact) mass is 482 g/mol. The number of benzene rings is 6. The zero-order chi connectivity index (χ0) is 24.8. The van der Waals surface area contributed by atoms with E-state index in [0.29, 0.717) is 0 Å². The van der Waals surface area contributed by atoms with Crippen molar-refractivity contribution in [2.45, 2.75) is 0 Å². The third kappa shape index (κ3) is 2.51. The van der Waals surface area contributed by atoms with Crippen molar-refractivity contribution in [1.82, 2.24) is 8.97 Å². The van der Waals surface area contributed by atoms with Crippen LogP contribution in [-0.2, 0) is 0 Å². The molecule has 3 aromatic heterocycles. The van der Waals surface area contributed by atoms with Gasteiger partial charge in [0.2, 0.25) is 0 Å². The maximum atomic E-state index is 2.46. The molecule has 0 aliphatic carbocycles. The minimum Gasteiger partial charge on any atom is -0.309 e. The quantitative estimate of drug-likeness (QED) is 0.206. The summed E-state index contributed by atoms with van der Waals surface area (Å²) >= 11 is 0. The second kappa shape index (κ2) is 7.24. The van der Waals surface area contributed by atoms with Crippen LogP contribution in [0.3, 0.4) is 0 Å². The van der Waals surface area contributed by atoms with Gasteiger partial charge in [-0.15, -0.1) is 0 Å². The van der Waals surface area contributed by atoms with E-state index < -0.39 is 0 Å². The third-order valence-electron chi connectivity index (χ3n) is 8.25. The fourth-order valence-electron chi connectivity index (χ4n) is 6.62. The predicted octanol–water partition coefficient (Wildman–Crippen LogP) is 9.65. The summed E-state index contributed by atoms with van der Waals surface area (Å²) in [5.41, 5.74) is 7.40. The molecule has 0 spiro atoms. The molecular formula is C36H22N2. The minimum absolute atomic E-state index is 1.19. The normalized spacial score (nSPS) is 12.2. The van der Waals surface area contributed by atoms with Gasteiger partial charge in [0.05, 0.1) is 27.6 Å². The molecule has 0 saturated carbocycles. The van der Waals surface area contributed by atoms with E-state index in [1.807, 2.05) is 0 Å². The van der Waals surface area contributed by atoms with Crippen molar-refractivity contribution >= 4 is 70.7 Å². The van der Waals surface area contributed by atoms with Crippen LogP contribution in [0, 0.1) is 0 Å². The van der Waals surface area contributed by atoms with E-state index in [2.05, 4.69) is 142 Å². The average molecular weight is 483 g/mol. The molecule has 2 nitrogen and oxygen atoms in total. The lowest BCUT2D eigenvalue weighted by atomic mass is 10.1. The highest BCUT2D eigenvalue weighted by Crippen LogP contribution is 2.41. The molecule has 0 amide bonds. The van der Waals surface area contributed by atoms with Crippen LogP contribution in [0.1, 0.15) is 0 Å². The van der Waals surface area contributed by atoms with Gasteiger partial charge >= 0.3 is 0 Å². The van der Waals surface area contributed by atoms with Crippen molar-refractivity contribution in [3.05, 3.63) is 133 Å². The second-order valence-corrected chi connectivity index (χ2v) is 10.2. The molecule has 0 bridgehead atoms. The van der Waals surface area contributed by atoms with Gasteiger partial charge in [0.15, 0.2) is 0 Å². The number of hydrogen-bond donors (Lipinski definition) is 0. The van der Waals surface area contributed by atoms with Crippen molar-refractivity contribution in [3.63, 3.8) is 0 Å². The highest BCUT2D eigenvalue weighted by molar-refractivity contribution is 6.22. The lowest BCUT2D eigenvalue weighted by Gasteiger charge is -2.11. The molecule has 3 heterocycles. The van der Waals surface area contributed by atoms with Crippen LogP contribution in [0.15, 0.2) is 133 Å². The number of pyridine rings is 1. The minimum atomic E-state index is 1.19. The van der Waals surface area contributed by atoms with Gasteiger partial charge < -0.3 is 8.97 Å². The molecule has 0 saturated heterocycles. The molecule has 0 aliphatic heterocycles. The van der Waals surface area contributed by atoms with Gasteiger partial charge in [0, 0.05) is 32.6 Å². The molecule has 0 atom stereocenters. The Morgan fingerprint density at radius 2 is 0.947 bits per heavy atom. The summed E-state index contributed by atoms with van der Waals surface area (Å²) < 4.78 is 4.91. The molecule has 176 valence electrons. The van der Waals surface area contributed by atoms with Gasteiger partial charge in [-0.2, -0.15) is 0 Å². The van der Waals surface area contributed by atoms with Crippen LogP contribution in [0.5, 0.6) is 0 Å². The molecule has 2 heteroatoms. The van der Waals surface area contributed by atoms with E-state index in [-0.39, 0.29) is 0 Å². The van der Waals surface area contributed by atoms with Gasteiger partial charge in [0.25, 0.3) is 0 Å². The van der Waals surface area contributed by atoms with E-state index in [9.17, 15) is 0 Å². The maximum absolute atomic E-state index is 2.46. The highest BCUT2D eigenvalue weighted by atomic mass is 15.0. The van der Waals surface area contributed by atoms with E-state index >= 15 is 0 Å². The standard InChI is InChI=1S/C36H22N2/c1-2-10-24-21-25(18-17-23(24)9-1)37-32-15-7-6-14-29(32)30-19-20-34-31(36(30)37)22-35-28-13-4-3-11-26(28)27-12-5-8-16-33(27)38(34)35/h1-22H. The molecule has 9 aromatic rings. The highest BCUT2D eigenvalue weighted by Gasteiger charge is 2.19. The molecule has 0 aliphatic rings. The summed E-state index contributed by atoms with van der Waals surface area (Å²) in [7, 11) is 0. The Hall–Kier alpha value is -5.08. The van der Waals surface area contributed by atoms with Crippen LogP contribution >= 0.6 is 0 Å². The third-order valence-corrected chi connectivity index (χ3v) is 8.25. The SMILES string of the molecule is c1ccc2cc(-n3c4ccccc4c4ccc5c(cc6c7ccccc7c7ccccc7n65)c43)ccc2c1. The van der Waals surface area contributed by atoms with E-state index in [1.54, 1.807) is 0 Å². The number of nitrogens with zero attached hydrogens (tertiary/aromatic N) is 2. The summed E-state index contributed by atoms with van der Waals surface area (Å²) in [6.07, 6.45) is 0. The molecule has 0 N–H and O–H groups in total. The Labute approximate surface area is 218 Å². The molecule has 0 fully saturated rings. The van der Waals surface area contributed by atoms with E-state index in [1.165, 1.54) is 76.4 Å². The summed E-state index contributed by atoms with van der Waals surface area (Å²) in [5, 5.41) is 10.2. The Morgan fingerprint density at radius 1 is 0.342 bits per heavy atom. The van der Waals surface area contributed by atoms with Gasteiger partial charge in [-0.25, -0.2) is 0 Å². The number of para-hydroxylation sites is 2. The van der Waals surface area contributed by atoms with Crippen LogP contribution in [0.2, 0.25) is 0 Å². The molecule has 38 heavy (non-hydrogen) atoms. The van der Waals surface area contributed by atoms with Crippen LogP contribution in [-0.4, -0.2) is 8.97 Å². The number of aromatic nitrogens is 2. The molecular weight excluding hydrogens is 460 g/mol. The molecule has 9 rings (SSSR count). The van der Waals surface area contributed by atoms with Crippen LogP contribution in [0.25, 0.3) is 76.4 Å². The summed E-state index contributed by atoms with van der Waals surface area (Å²) in [6.45, 7) is 0. The number of fused-ring (bicyclic) bond motifs is 13. The summed E-state index contributed by atoms with van der Waals surface area (Å²) in [6, 6.07) is 48.8. The zero-order valence-corrected chi connectivity index (χ0v) is 20.6. The van der Waals surface area contributed by atoms with Crippen molar-refractivity contribution in [2.75, 3.05) is 0 Å². The molecule has 0 unspecified atom stereocenters. The summed E-state index contributed by atoms with van der Waals surface area (Å²) in [5.74, 6) is 0. The number of rotatable bonds is 1. The zero-order valence-electron chi connectivity index (χ0n) is 20.6. The van der Waals surface area contributed by atoms with Gasteiger partial charge in [-0.3, -0.25) is 0 Å². The molecule has 6 aromatic carbocycles. The first-order chi connectivity index (χ1) is 18.9. The Bertz CT molecular complexity index is 2400. The first kappa shape index (κ1) is 20.0. The van der Waals surface area contributed by atoms with Crippen LogP contribution < -0.4 is 0 Å². The number of hydrogen-bond acceptors (Lipinski definition) is 0. The first-order valence-electron chi connectivity index (χ1n) is 13.1. The second-order valence-electron chi connectivity index (χ2n) is 10.2. The smallest absolute Gasteiger partial charge is 0.0635 e.